The van der Waals surface area contributed by atoms with Crippen molar-refractivity contribution < 1.29 is 14.6 Å². The lowest BCUT2D eigenvalue weighted by molar-refractivity contribution is -0.176. The van der Waals surface area contributed by atoms with Crippen LogP contribution in [-0.2, 0) is 9.47 Å². The quantitative estimate of drug-likeness (QED) is 0.464. The van der Waals surface area contributed by atoms with Crippen molar-refractivity contribution in [3.05, 3.63) is 0 Å². The zero-order chi connectivity index (χ0) is 7.61. The Labute approximate surface area is 60.9 Å². The fourth-order valence-electron chi connectivity index (χ4n) is 0.675. The van der Waals surface area contributed by atoms with E-state index in [0.717, 1.165) is 13.0 Å². The summed E-state index contributed by atoms with van der Waals surface area (Å²) in [7, 11) is 0. The number of ether oxygens (including phenoxy) is 2. The summed E-state index contributed by atoms with van der Waals surface area (Å²) in [5.74, 6) is -0.991. The minimum Gasteiger partial charge on any atom is -0.373 e. The molecule has 1 atom stereocenters. The number of epoxide rings is 1. The molecule has 1 fully saturated rings. The molecule has 1 heterocycles. The average molecular weight is 146 g/mol. The largest absolute Gasteiger partial charge is 0.373 e. The Morgan fingerprint density at radius 2 is 2.30 bits per heavy atom. The molecule has 0 aromatic heterocycles. The highest BCUT2D eigenvalue weighted by Crippen LogP contribution is 2.14. The Hall–Kier alpha value is -0.120. The molecule has 0 radical (unpaired) electrons. The van der Waals surface area contributed by atoms with Crippen LogP contribution >= 0.6 is 0 Å². The maximum absolute atomic E-state index is 9.09. The van der Waals surface area contributed by atoms with Gasteiger partial charge in [-0.15, -0.1) is 0 Å². The van der Waals surface area contributed by atoms with Gasteiger partial charge >= 0.3 is 0 Å². The third-order valence-electron chi connectivity index (χ3n) is 1.30. The van der Waals surface area contributed by atoms with Gasteiger partial charge in [-0.2, -0.15) is 0 Å². The smallest absolute Gasteiger partial charge is 0.159 e. The molecule has 60 valence electrons. The van der Waals surface area contributed by atoms with E-state index in [4.69, 9.17) is 14.6 Å². The van der Waals surface area contributed by atoms with Crippen molar-refractivity contribution in [1.29, 1.82) is 0 Å². The first-order chi connectivity index (χ1) is 4.58. The third-order valence-corrected chi connectivity index (χ3v) is 1.30. The molecule has 0 saturated carbocycles. The van der Waals surface area contributed by atoms with Crippen molar-refractivity contribution in [2.24, 2.45) is 0 Å². The molecule has 10 heavy (non-hydrogen) atoms. The molecule has 0 spiro atoms. The SMILES string of the molecule is CC(C)(O)OCC[C@@H]1CO1. The van der Waals surface area contributed by atoms with Gasteiger partial charge < -0.3 is 14.6 Å². The van der Waals surface area contributed by atoms with Gasteiger partial charge in [0.25, 0.3) is 0 Å². The van der Waals surface area contributed by atoms with E-state index < -0.39 is 5.79 Å². The van der Waals surface area contributed by atoms with Gasteiger partial charge in [0.1, 0.15) is 0 Å². The van der Waals surface area contributed by atoms with Gasteiger partial charge in [-0.3, -0.25) is 0 Å². The zero-order valence-electron chi connectivity index (χ0n) is 6.46. The number of hydrogen-bond donors (Lipinski definition) is 1. The number of rotatable bonds is 4. The molecule has 1 aliphatic heterocycles. The zero-order valence-corrected chi connectivity index (χ0v) is 6.46. The van der Waals surface area contributed by atoms with Crippen LogP contribution in [0.1, 0.15) is 20.3 Å². The van der Waals surface area contributed by atoms with Crippen LogP contribution < -0.4 is 0 Å². The van der Waals surface area contributed by atoms with Gasteiger partial charge in [-0.1, -0.05) is 0 Å². The lowest BCUT2D eigenvalue weighted by Gasteiger charge is -2.17. The molecule has 1 N–H and O–H groups in total. The molecule has 3 heteroatoms. The van der Waals surface area contributed by atoms with E-state index in [-0.39, 0.29) is 0 Å². The average Bonchev–Trinajstić information content (AvgIpc) is 2.45. The van der Waals surface area contributed by atoms with E-state index in [2.05, 4.69) is 0 Å². The Morgan fingerprint density at radius 3 is 2.70 bits per heavy atom. The van der Waals surface area contributed by atoms with E-state index in [1.54, 1.807) is 13.8 Å². The van der Waals surface area contributed by atoms with Crippen molar-refractivity contribution in [2.45, 2.75) is 32.2 Å². The summed E-state index contributed by atoms with van der Waals surface area (Å²) in [5.41, 5.74) is 0. The second kappa shape index (κ2) is 2.86. The van der Waals surface area contributed by atoms with Gasteiger partial charge in [-0.05, 0) is 20.3 Å². The van der Waals surface area contributed by atoms with E-state index in [0.29, 0.717) is 12.7 Å². The molecular formula is C7H14O3. The first-order valence-electron chi connectivity index (χ1n) is 3.56. The van der Waals surface area contributed by atoms with Crippen molar-refractivity contribution in [2.75, 3.05) is 13.2 Å². The molecule has 0 aromatic rings. The highest BCUT2D eigenvalue weighted by molar-refractivity contribution is 4.68. The molecular weight excluding hydrogens is 132 g/mol. The summed E-state index contributed by atoms with van der Waals surface area (Å²) in [4.78, 5) is 0. The van der Waals surface area contributed by atoms with Gasteiger partial charge in [0, 0.05) is 0 Å². The predicted molar refractivity (Wildman–Crippen MR) is 36.6 cm³/mol. The first kappa shape index (κ1) is 7.98. The van der Waals surface area contributed by atoms with Crippen LogP contribution in [0.4, 0.5) is 0 Å². The minimum atomic E-state index is -0.991. The van der Waals surface area contributed by atoms with Crippen molar-refractivity contribution in [1.82, 2.24) is 0 Å². The monoisotopic (exact) mass is 146 g/mol. The molecule has 0 unspecified atom stereocenters. The topological polar surface area (TPSA) is 42.0 Å². The Kier molecular flexibility index (Phi) is 2.28. The first-order valence-corrected chi connectivity index (χ1v) is 3.56. The summed E-state index contributed by atoms with van der Waals surface area (Å²) < 4.78 is 10.0. The van der Waals surface area contributed by atoms with Crippen LogP contribution in [0.2, 0.25) is 0 Å². The van der Waals surface area contributed by atoms with E-state index >= 15 is 0 Å². The molecule has 1 aliphatic rings. The summed E-state index contributed by atoms with van der Waals surface area (Å²) >= 11 is 0. The van der Waals surface area contributed by atoms with Crippen LogP contribution in [0.5, 0.6) is 0 Å². The molecule has 0 aromatic carbocycles. The van der Waals surface area contributed by atoms with E-state index in [9.17, 15) is 0 Å². The number of aliphatic hydroxyl groups is 1. The van der Waals surface area contributed by atoms with Crippen molar-refractivity contribution in [3.8, 4) is 0 Å². The van der Waals surface area contributed by atoms with E-state index in [1.165, 1.54) is 0 Å². The minimum absolute atomic E-state index is 0.391. The summed E-state index contributed by atoms with van der Waals surface area (Å²) in [6.07, 6.45) is 1.28. The molecule has 1 rings (SSSR count). The fraction of sp³-hybridized carbons (Fsp3) is 1.00. The maximum Gasteiger partial charge on any atom is 0.159 e. The molecule has 3 nitrogen and oxygen atoms in total. The standard InChI is InChI=1S/C7H14O3/c1-7(2,8)10-4-3-6-5-9-6/h6,8H,3-5H2,1-2H3/t6-/m1/s1. The second-order valence-electron chi connectivity index (χ2n) is 3.04. The lowest BCUT2D eigenvalue weighted by Crippen LogP contribution is -2.24. The molecule has 0 bridgehead atoms. The highest BCUT2D eigenvalue weighted by Gasteiger charge is 2.23. The third kappa shape index (κ3) is 3.82. The fourth-order valence-corrected chi connectivity index (χ4v) is 0.675. The summed E-state index contributed by atoms with van der Waals surface area (Å²) in [6.45, 7) is 4.69. The number of hydrogen-bond acceptors (Lipinski definition) is 3. The molecule has 0 amide bonds. The predicted octanol–water partition coefficient (Wildman–Crippen LogP) is 0.520. The molecule has 0 aliphatic carbocycles. The lowest BCUT2D eigenvalue weighted by atomic mass is 10.3. The van der Waals surface area contributed by atoms with E-state index in [1.807, 2.05) is 0 Å². The Morgan fingerprint density at radius 1 is 1.70 bits per heavy atom. The van der Waals surface area contributed by atoms with Crippen LogP contribution in [0.3, 0.4) is 0 Å². The van der Waals surface area contributed by atoms with Crippen LogP contribution in [0, 0.1) is 0 Å². The second-order valence-corrected chi connectivity index (χ2v) is 3.04. The van der Waals surface area contributed by atoms with Crippen molar-refractivity contribution >= 4 is 0 Å². The van der Waals surface area contributed by atoms with Crippen LogP contribution in [-0.4, -0.2) is 30.2 Å². The Balaban J connectivity index is 1.93. The highest BCUT2D eigenvalue weighted by atomic mass is 16.6. The molecule has 1 saturated heterocycles. The van der Waals surface area contributed by atoms with Gasteiger partial charge in [-0.25, -0.2) is 0 Å². The van der Waals surface area contributed by atoms with Gasteiger partial charge in [0.05, 0.1) is 19.3 Å². The van der Waals surface area contributed by atoms with Crippen molar-refractivity contribution in [3.63, 3.8) is 0 Å². The summed E-state index contributed by atoms with van der Waals surface area (Å²) in [6, 6.07) is 0. The van der Waals surface area contributed by atoms with Crippen LogP contribution in [0.25, 0.3) is 0 Å². The van der Waals surface area contributed by atoms with Gasteiger partial charge in [0.15, 0.2) is 5.79 Å². The van der Waals surface area contributed by atoms with Crippen LogP contribution in [0.15, 0.2) is 0 Å². The van der Waals surface area contributed by atoms with Gasteiger partial charge in [0.2, 0.25) is 0 Å². The Bertz CT molecular complexity index is 102. The normalized spacial score (nSPS) is 24.9. The maximum atomic E-state index is 9.09. The summed E-state index contributed by atoms with van der Waals surface area (Å²) in [5, 5.41) is 9.09.